The van der Waals surface area contributed by atoms with E-state index in [1.54, 1.807) is 43.3 Å². The molecule has 11 heteroatoms. The van der Waals surface area contributed by atoms with E-state index in [0.717, 1.165) is 5.56 Å². The van der Waals surface area contributed by atoms with Gasteiger partial charge in [-0.25, -0.2) is 9.59 Å². The molecule has 0 atom stereocenters. The maximum absolute atomic E-state index is 12.2. The fourth-order valence-electron chi connectivity index (χ4n) is 2.44. The summed E-state index contributed by atoms with van der Waals surface area (Å²) in [5.74, 6) is -0.529. The monoisotopic (exact) mass is 471 g/mol. The lowest BCUT2D eigenvalue weighted by Crippen LogP contribution is -2.19. The molecule has 3 N–H and O–H groups in total. The molecular formula is C21H21N5O4S2. The van der Waals surface area contributed by atoms with E-state index in [4.69, 9.17) is 4.74 Å². The Labute approximate surface area is 193 Å². The zero-order valence-corrected chi connectivity index (χ0v) is 19.0. The Morgan fingerprint density at radius 2 is 1.59 bits per heavy atom. The van der Waals surface area contributed by atoms with Crippen LogP contribution in [0.25, 0.3) is 0 Å². The van der Waals surface area contributed by atoms with Gasteiger partial charge in [-0.05, 0) is 50.2 Å². The summed E-state index contributed by atoms with van der Waals surface area (Å²) in [4.78, 5) is 35.9. The van der Waals surface area contributed by atoms with E-state index in [-0.39, 0.29) is 11.7 Å². The number of anilines is 3. The fraction of sp³-hybridized carbons (Fsp3) is 0.190. The highest BCUT2D eigenvalue weighted by molar-refractivity contribution is 8.01. The standard InChI is InChI=1S/C21H21N5O4S2/c1-3-30-18(28)14-6-10-15(11-7-14)22-17(27)12-31-21-26-25-20(32-21)24-19(29)23-16-8-4-13(2)5-9-16/h4-11H,3,12H2,1-2H3,(H,22,27)(H2,23,24,25,29). The Kier molecular flexibility index (Phi) is 8.17. The topological polar surface area (TPSA) is 122 Å². The van der Waals surface area contributed by atoms with Gasteiger partial charge in [-0.2, -0.15) is 0 Å². The van der Waals surface area contributed by atoms with E-state index >= 15 is 0 Å². The van der Waals surface area contributed by atoms with Crippen molar-refractivity contribution >= 4 is 57.5 Å². The highest BCUT2D eigenvalue weighted by Crippen LogP contribution is 2.25. The third-order valence-electron chi connectivity index (χ3n) is 3.94. The Balaban J connectivity index is 1.44. The first-order chi connectivity index (χ1) is 15.4. The lowest BCUT2D eigenvalue weighted by molar-refractivity contribution is -0.113. The Morgan fingerprint density at radius 3 is 2.28 bits per heavy atom. The number of hydrogen-bond donors (Lipinski definition) is 3. The maximum atomic E-state index is 12.2. The number of esters is 1. The summed E-state index contributed by atoms with van der Waals surface area (Å²) in [6.45, 7) is 4.00. The number of carbonyl (C=O) groups is 3. The first kappa shape index (κ1) is 23.2. The summed E-state index contributed by atoms with van der Waals surface area (Å²) >= 11 is 2.37. The highest BCUT2D eigenvalue weighted by atomic mass is 32.2. The van der Waals surface area contributed by atoms with Gasteiger partial charge in [-0.3, -0.25) is 10.1 Å². The van der Waals surface area contributed by atoms with E-state index in [0.29, 0.717) is 33.0 Å². The van der Waals surface area contributed by atoms with Crippen LogP contribution in [-0.4, -0.2) is 40.5 Å². The van der Waals surface area contributed by atoms with Crippen LogP contribution in [0.4, 0.5) is 21.3 Å². The molecule has 0 aliphatic carbocycles. The number of rotatable bonds is 8. The minimum absolute atomic E-state index is 0.115. The molecule has 0 radical (unpaired) electrons. The van der Waals surface area contributed by atoms with Crippen molar-refractivity contribution in [3.8, 4) is 0 Å². The van der Waals surface area contributed by atoms with Crippen LogP contribution in [0.3, 0.4) is 0 Å². The normalized spacial score (nSPS) is 10.3. The number of hydrogen-bond acceptors (Lipinski definition) is 8. The van der Waals surface area contributed by atoms with Gasteiger partial charge in [0.15, 0.2) is 4.34 Å². The van der Waals surface area contributed by atoms with Gasteiger partial charge in [0.05, 0.1) is 17.9 Å². The van der Waals surface area contributed by atoms with Crippen LogP contribution in [0.2, 0.25) is 0 Å². The van der Waals surface area contributed by atoms with Crippen molar-refractivity contribution in [1.29, 1.82) is 0 Å². The third kappa shape index (κ3) is 7.06. The number of benzene rings is 2. The molecule has 0 spiro atoms. The Hall–Kier alpha value is -3.44. The average molecular weight is 472 g/mol. The number of amides is 3. The molecule has 0 aliphatic heterocycles. The van der Waals surface area contributed by atoms with Crippen molar-refractivity contribution in [2.75, 3.05) is 28.3 Å². The molecule has 0 fully saturated rings. The van der Waals surface area contributed by atoms with Crippen LogP contribution in [-0.2, 0) is 9.53 Å². The first-order valence-corrected chi connectivity index (χ1v) is 11.4. The molecule has 0 saturated carbocycles. The molecule has 3 amide bonds. The second-order valence-electron chi connectivity index (χ2n) is 6.45. The average Bonchev–Trinajstić information content (AvgIpc) is 3.22. The van der Waals surface area contributed by atoms with Gasteiger partial charge in [-0.15, -0.1) is 10.2 Å². The molecule has 9 nitrogen and oxygen atoms in total. The van der Waals surface area contributed by atoms with Crippen LogP contribution in [0.1, 0.15) is 22.8 Å². The van der Waals surface area contributed by atoms with Gasteiger partial charge in [0, 0.05) is 11.4 Å². The van der Waals surface area contributed by atoms with Gasteiger partial charge in [-0.1, -0.05) is 40.8 Å². The van der Waals surface area contributed by atoms with Crippen molar-refractivity contribution in [3.05, 3.63) is 59.7 Å². The quantitative estimate of drug-likeness (QED) is 0.253. The smallest absolute Gasteiger partial charge is 0.338 e. The van der Waals surface area contributed by atoms with Crippen molar-refractivity contribution in [2.45, 2.75) is 18.2 Å². The number of ether oxygens (including phenoxy) is 1. The predicted molar refractivity (Wildman–Crippen MR) is 125 cm³/mol. The van der Waals surface area contributed by atoms with Crippen LogP contribution in [0.5, 0.6) is 0 Å². The van der Waals surface area contributed by atoms with Crippen LogP contribution < -0.4 is 16.0 Å². The minimum atomic E-state index is -0.425. The second-order valence-corrected chi connectivity index (χ2v) is 8.65. The summed E-state index contributed by atoms with van der Waals surface area (Å²) in [5.41, 5.74) is 2.74. The van der Waals surface area contributed by atoms with Crippen molar-refractivity contribution in [2.24, 2.45) is 0 Å². The second kappa shape index (κ2) is 11.3. The fourth-order valence-corrected chi connectivity index (χ4v) is 3.99. The number of aryl methyl sites for hydroxylation is 1. The van der Waals surface area contributed by atoms with E-state index in [9.17, 15) is 14.4 Å². The van der Waals surface area contributed by atoms with Crippen LogP contribution >= 0.6 is 23.1 Å². The Morgan fingerprint density at radius 1 is 0.938 bits per heavy atom. The van der Waals surface area contributed by atoms with Gasteiger partial charge >= 0.3 is 12.0 Å². The molecule has 3 rings (SSSR count). The zero-order valence-electron chi connectivity index (χ0n) is 17.4. The minimum Gasteiger partial charge on any atom is -0.462 e. The van der Waals surface area contributed by atoms with Crippen LogP contribution in [0.15, 0.2) is 52.9 Å². The summed E-state index contributed by atoms with van der Waals surface area (Å²) in [5, 5.41) is 16.3. The summed E-state index contributed by atoms with van der Waals surface area (Å²) in [7, 11) is 0. The number of urea groups is 1. The first-order valence-electron chi connectivity index (χ1n) is 9.61. The molecule has 1 heterocycles. The van der Waals surface area contributed by atoms with Crippen molar-refractivity contribution in [3.63, 3.8) is 0 Å². The predicted octanol–water partition coefficient (Wildman–Crippen LogP) is 4.40. The summed E-state index contributed by atoms with van der Waals surface area (Å²) in [6.07, 6.45) is 0. The largest absolute Gasteiger partial charge is 0.462 e. The number of aromatic nitrogens is 2. The van der Waals surface area contributed by atoms with Crippen molar-refractivity contribution in [1.82, 2.24) is 10.2 Å². The SMILES string of the molecule is CCOC(=O)c1ccc(NC(=O)CSc2nnc(NC(=O)Nc3ccc(C)cc3)s2)cc1. The van der Waals surface area contributed by atoms with E-state index < -0.39 is 12.0 Å². The highest BCUT2D eigenvalue weighted by Gasteiger charge is 2.12. The van der Waals surface area contributed by atoms with Crippen LogP contribution in [0, 0.1) is 6.92 Å². The molecule has 2 aromatic carbocycles. The molecule has 32 heavy (non-hydrogen) atoms. The zero-order chi connectivity index (χ0) is 22.9. The van der Waals surface area contributed by atoms with Gasteiger partial charge in [0.25, 0.3) is 0 Å². The lowest BCUT2D eigenvalue weighted by atomic mass is 10.2. The third-order valence-corrected chi connectivity index (χ3v) is 5.91. The number of nitrogens with one attached hydrogen (secondary N) is 3. The summed E-state index contributed by atoms with van der Waals surface area (Å²) < 4.78 is 5.47. The molecular weight excluding hydrogens is 450 g/mol. The van der Waals surface area contributed by atoms with Gasteiger partial charge < -0.3 is 15.4 Å². The molecule has 166 valence electrons. The summed E-state index contributed by atoms with van der Waals surface area (Å²) in [6, 6.07) is 13.4. The molecule has 3 aromatic rings. The van der Waals surface area contributed by atoms with E-state index in [1.807, 2.05) is 19.1 Å². The van der Waals surface area contributed by atoms with Gasteiger partial charge in [0.1, 0.15) is 0 Å². The number of thioether (sulfide) groups is 1. The van der Waals surface area contributed by atoms with E-state index in [1.165, 1.54) is 23.1 Å². The molecule has 1 aromatic heterocycles. The number of nitrogens with zero attached hydrogens (tertiary/aromatic N) is 2. The molecule has 0 aliphatic rings. The molecule has 0 saturated heterocycles. The van der Waals surface area contributed by atoms with E-state index in [2.05, 4.69) is 26.1 Å². The van der Waals surface area contributed by atoms with Crippen molar-refractivity contribution < 1.29 is 19.1 Å². The van der Waals surface area contributed by atoms with Gasteiger partial charge in [0.2, 0.25) is 11.0 Å². The maximum Gasteiger partial charge on any atom is 0.338 e. The number of carbonyl (C=O) groups excluding carboxylic acids is 3. The lowest BCUT2D eigenvalue weighted by Gasteiger charge is -2.06. The molecule has 0 bridgehead atoms. The molecule has 0 unspecified atom stereocenters. The Bertz CT molecular complexity index is 1080.